The highest BCUT2D eigenvalue weighted by Gasteiger charge is 2.41. The molecule has 0 bridgehead atoms. The number of rotatable bonds is 8. The maximum absolute atomic E-state index is 13.2. The molecule has 1 fully saturated rings. The fourth-order valence-electron chi connectivity index (χ4n) is 4.00. The largest absolute Gasteiger partial charge is 0.497 e. The lowest BCUT2D eigenvalue weighted by Crippen LogP contribution is -2.36. The number of carbonyl (C=O) groups is 2. The Balaban J connectivity index is 1.92. The standard InChI is InChI=1S/C24H29ClN2O4/c1-4-5-11-26-23(28)21-15-27(24(29)16-7-6-8-17(25)12-16)14-20(21)19-13-18(30-2)9-10-22(19)31-3/h6-10,12-13,20-21H,4-5,11,14-15H2,1-3H3,(H,26,28). The molecule has 6 nitrogen and oxygen atoms in total. The number of nitrogens with one attached hydrogen (secondary N) is 1. The molecule has 0 aromatic heterocycles. The Bertz CT molecular complexity index is 934. The molecule has 1 aliphatic rings. The van der Waals surface area contributed by atoms with Gasteiger partial charge in [0, 0.05) is 41.7 Å². The number of ether oxygens (including phenoxy) is 2. The molecule has 1 heterocycles. The van der Waals surface area contributed by atoms with E-state index in [1.165, 1.54) is 0 Å². The van der Waals surface area contributed by atoms with Crippen LogP contribution in [0.5, 0.6) is 11.5 Å². The minimum absolute atomic E-state index is 0.0512. The van der Waals surface area contributed by atoms with Crippen LogP contribution in [0.15, 0.2) is 42.5 Å². The van der Waals surface area contributed by atoms with E-state index in [9.17, 15) is 9.59 Å². The average Bonchev–Trinajstić information content (AvgIpc) is 3.23. The van der Waals surface area contributed by atoms with Crippen LogP contribution in [-0.2, 0) is 4.79 Å². The van der Waals surface area contributed by atoms with E-state index in [2.05, 4.69) is 12.2 Å². The molecule has 0 spiro atoms. The molecule has 3 rings (SSSR count). The van der Waals surface area contributed by atoms with Crippen LogP contribution >= 0.6 is 11.6 Å². The van der Waals surface area contributed by atoms with Gasteiger partial charge in [-0.3, -0.25) is 9.59 Å². The highest BCUT2D eigenvalue weighted by atomic mass is 35.5. The monoisotopic (exact) mass is 444 g/mol. The Hall–Kier alpha value is -2.73. The highest BCUT2D eigenvalue weighted by molar-refractivity contribution is 6.30. The molecular weight excluding hydrogens is 416 g/mol. The molecule has 166 valence electrons. The van der Waals surface area contributed by atoms with Crippen LogP contribution in [0.1, 0.15) is 41.6 Å². The van der Waals surface area contributed by atoms with Gasteiger partial charge in [-0.05, 0) is 42.8 Å². The van der Waals surface area contributed by atoms with Gasteiger partial charge in [-0.1, -0.05) is 31.0 Å². The SMILES string of the molecule is CCCCNC(=O)C1CN(C(=O)c2cccc(Cl)c2)CC1c1cc(OC)ccc1OC. The van der Waals surface area contributed by atoms with Crippen molar-refractivity contribution in [2.24, 2.45) is 5.92 Å². The van der Waals surface area contributed by atoms with Gasteiger partial charge in [0.1, 0.15) is 11.5 Å². The van der Waals surface area contributed by atoms with E-state index in [4.69, 9.17) is 21.1 Å². The van der Waals surface area contributed by atoms with Gasteiger partial charge < -0.3 is 19.7 Å². The van der Waals surface area contributed by atoms with Gasteiger partial charge in [0.2, 0.25) is 5.91 Å². The summed E-state index contributed by atoms with van der Waals surface area (Å²) in [5.41, 5.74) is 1.37. The summed E-state index contributed by atoms with van der Waals surface area (Å²) < 4.78 is 11.0. The molecule has 31 heavy (non-hydrogen) atoms. The van der Waals surface area contributed by atoms with Gasteiger partial charge in [0.15, 0.2) is 0 Å². The summed E-state index contributed by atoms with van der Waals surface area (Å²) in [5, 5.41) is 3.53. The lowest BCUT2D eigenvalue weighted by atomic mass is 9.87. The van der Waals surface area contributed by atoms with Crippen LogP contribution < -0.4 is 14.8 Å². The molecule has 1 N–H and O–H groups in total. The Morgan fingerprint density at radius 3 is 2.61 bits per heavy atom. The van der Waals surface area contributed by atoms with Crippen LogP contribution in [0.25, 0.3) is 0 Å². The van der Waals surface area contributed by atoms with E-state index < -0.39 is 0 Å². The van der Waals surface area contributed by atoms with Crippen molar-refractivity contribution in [2.45, 2.75) is 25.7 Å². The third-order valence-corrected chi connectivity index (χ3v) is 5.92. The summed E-state index contributed by atoms with van der Waals surface area (Å²) in [6.07, 6.45) is 1.91. The predicted molar refractivity (Wildman–Crippen MR) is 121 cm³/mol. The van der Waals surface area contributed by atoms with Crippen molar-refractivity contribution >= 4 is 23.4 Å². The zero-order valence-electron chi connectivity index (χ0n) is 18.2. The lowest BCUT2D eigenvalue weighted by Gasteiger charge is -2.21. The molecule has 0 radical (unpaired) electrons. The van der Waals surface area contributed by atoms with E-state index >= 15 is 0 Å². The van der Waals surface area contributed by atoms with E-state index in [0.717, 1.165) is 18.4 Å². The third kappa shape index (κ3) is 5.31. The number of hydrogen-bond donors (Lipinski definition) is 1. The van der Waals surface area contributed by atoms with Crippen molar-refractivity contribution in [3.63, 3.8) is 0 Å². The zero-order chi connectivity index (χ0) is 22.4. The minimum atomic E-state index is -0.388. The molecule has 2 amide bonds. The second-order valence-electron chi connectivity index (χ2n) is 7.69. The number of hydrogen-bond acceptors (Lipinski definition) is 4. The second kappa shape index (κ2) is 10.5. The molecule has 2 unspecified atom stereocenters. The van der Waals surface area contributed by atoms with Gasteiger partial charge in [-0.25, -0.2) is 0 Å². The number of carbonyl (C=O) groups excluding carboxylic acids is 2. The molecule has 7 heteroatoms. The van der Waals surface area contributed by atoms with E-state index in [0.29, 0.717) is 41.7 Å². The first-order valence-electron chi connectivity index (χ1n) is 10.5. The summed E-state index contributed by atoms with van der Waals surface area (Å²) >= 11 is 6.08. The topological polar surface area (TPSA) is 67.9 Å². The second-order valence-corrected chi connectivity index (χ2v) is 8.12. The van der Waals surface area contributed by atoms with Gasteiger partial charge >= 0.3 is 0 Å². The molecular formula is C24H29ClN2O4. The number of methoxy groups -OCH3 is 2. The van der Waals surface area contributed by atoms with Gasteiger partial charge in [-0.15, -0.1) is 0 Å². The summed E-state index contributed by atoms with van der Waals surface area (Å²) in [7, 11) is 3.20. The fourth-order valence-corrected chi connectivity index (χ4v) is 4.19. The summed E-state index contributed by atoms with van der Waals surface area (Å²) in [4.78, 5) is 28.0. The molecule has 0 aliphatic carbocycles. The van der Waals surface area contributed by atoms with Crippen molar-refractivity contribution in [1.29, 1.82) is 0 Å². The Morgan fingerprint density at radius 2 is 1.94 bits per heavy atom. The molecule has 2 aromatic carbocycles. The summed E-state index contributed by atoms with van der Waals surface area (Å²) in [5.74, 6) is 0.563. The molecule has 2 atom stereocenters. The Morgan fingerprint density at radius 1 is 1.13 bits per heavy atom. The number of likely N-dealkylation sites (tertiary alicyclic amines) is 1. The third-order valence-electron chi connectivity index (χ3n) is 5.68. The summed E-state index contributed by atoms with van der Waals surface area (Å²) in [6, 6.07) is 12.4. The Labute approximate surface area is 188 Å². The molecule has 1 aliphatic heterocycles. The number of unbranched alkanes of at least 4 members (excludes halogenated alkanes) is 1. The summed E-state index contributed by atoms with van der Waals surface area (Å²) in [6.45, 7) is 3.43. The van der Waals surface area contributed by atoms with E-state index in [1.54, 1.807) is 43.4 Å². The zero-order valence-corrected chi connectivity index (χ0v) is 18.9. The molecule has 1 saturated heterocycles. The van der Waals surface area contributed by atoms with E-state index in [-0.39, 0.29) is 23.7 Å². The minimum Gasteiger partial charge on any atom is -0.497 e. The normalized spacial score (nSPS) is 18.0. The smallest absolute Gasteiger partial charge is 0.253 e. The van der Waals surface area contributed by atoms with Crippen LogP contribution in [-0.4, -0.2) is 50.6 Å². The van der Waals surface area contributed by atoms with Crippen molar-refractivity contribution in [3.05, 3.63) is 58.6 Å². The van der Waals surface area contributed by atoms with Gasteiger partial charge in [0.25, 0.3) is 5.91 Å². The number of benzene rings is 2. The highest BCUT2D eigenvalue weighted by Crippen LogP contribution is 2.40. The van der Waals surface area contributed by atoms with Crippen molar-refractivity contribution in [1.82, 2.24) is 10.2 Å². The van der Waals surface area contributed by atoms with Crippen molar-refractivity contribution in [2.75, 3.05) is 33.9 Å². The number of nitrogens with zero attached hydrogens (tertiary/aromatic N) is 1. The maximum atomic E-state index is 13.2. The average molecular weight is 445 g/mol. The van der Waals surface area contributed by atoms with Gasteiger partial charge in [-0.2, -0.15) is 0 Å². The fraction of sp³-hybridized carbons (Fsp3) is 0.417. The van der Waals surface area contributed by atoms with Crippen molar-refractivity contribution < 1.29 is 19.1 Å². The first kappa shape index (κ1) is 22.9. The van der Waals surface area contributed by atoms with Crippen LogP contribution in [0, 0.1) is 5.92 Å². The first-order chi connectivity index (χ1) is 15.0. The Kier molecular flexibility index (Phi) is 7.80. The molecule has 0 saturated carbocycles. The van der Waals surface area contributed by atoms with Crippen LogP contribution in [0.4, 0.5) is 0 Å². The van der Waals surface area contributed by atoms with Crippen molar-refractivity contribution in [3.8, 4) is 11.5 Å². The predicted octanol–water partition coefficient (Wildman–Crippen LogP) is 4.13. The maximum Gasteiger partial charge on any atom is 0.253 e. The first-order valence-corrected chi connectivity index (χ1v) is 10.9. The van der Waals surface area contributed by atoms with Crippen LogP contribution in [0.2, 0.25) is 5.02 Å². The van der Waals surface area contributed by atoms with Crippen LogP contribution in [0.3, 0.4) is 0 Å². The van der Waals surface area contributed by atoms with Gasteiger partial charge in [0.05, 0.1) is 20.1 Å². The van der Waals surface area contributed by atoms with E-state index in [1.807, 2.05) is 18.2 Å². The lowest BCUT2D eigenvalue weighted by molar-refractivity contribution is -0.124. The number of amides is 2. The quantitative estimate of drug-likeness (QED) is 0.621. The molecule has 2 aromatic rings. The number of halogens is 1.